The van der Waals surface area contributed by atoms with E-state index in [1.807, 2.05) is 0 Å². The molecule has 14 heavy (non-hydrogen) atoms. The lowest BCUT2D eigenvalue weighted by Crippen LogP contribution is -2.46. The second-order valence-electron chi connectivity index (χ2n) is 4.72. The maximum atomic E-state index is 5.84. The monoisotopic (exact) mass is 198 g/mol. The fraction of sp³-hybridized carbons (Fsp3) is 1.00. The molecule has 1 aliphatic carbocycles. The Kier molecular flexibility index (Phi) is 5.49. The minimum absolute atomic E-state index is 0.560. The molecule has 0 aromatic heterocycles. The Hall–Kier alpha value is -0.0800. The summed E-state index contributed by atoms with van der Waals surface area (Å²) >= 11 is 0. The van der Waals surface area contributed by atoms with Crippen molar-refractivity contribution in [2.75, 3.05) is 6.54 Å². The maximum Gasteiger partial charge on any atom is 0.0220 e. The Morgan fingerprint density at radius 2 is 1.93 bits per heavy atom. The van der Waals surface area contributed by atoms with E-state index in [0.717, 1.165) is 12.5 Å². The van der Waals surface area contributed by atoms with E-state index in [-0.39, 0.29) is 0 Å². The molecule has 1 aliphatic rings. The largest absolute Gasteiger partial charge is 0.329 e. The molecule has 0 bridgehead atoms. The smallest absolute Gasteiger partial charge is 0.0220 e. The Balaban J connectivity index is 2.35. The first-order valence-corrected chi connectivity index (χ1v) is 6.24. The molecule has 84 valence electrons. The molecule has 0 aromatic carbocycles. The first-order chi connectivity index (χ1) is 6.77. The summed E-state index contributed by atoms with van der Waals surface area (Å²) in [4.78, 5) is 0. The highest BCUT2D eigenvalue weighted by molar-refractivity contribution is 4.81. The summed E-state index contributed by atoms with van der Waals surface area (Å²) < 4.78 is 0. The van der Waals surface area contributed by atoms with Crippen LogP contribution in [-0.4, -0.2) is 18.6 Å². The Bertz CT molecular complexity index is 141. The van der Waals surface area contributed by atoms with Crippen molar-refractivity contribution in [3.8, 4) is 0 Å². The summed E-state index contributed by atoms with van der Waals surface area (Å²) in [7, 11) is 0. The number of hydrogen-bond acceptors (Lipinski definition) is 2. The van der Waals surface area contributed by atoms with Gasteiger partial charge in [-0.2, -0.15) is 0 Å². The van der Waals surface area contributed by atoms with Gasteiger partial charge in [-0.3, -0.25) is 0 Å². The van der Waals surface area contributed by atoms with Crippen LogP contribution in [0.2, 0.25) is 0 Å². The molecule has 0 amide bonds. The van der Waals surface area contributed by atoms with Crippen molar-refractivity contribution in [3.63, 3.8) is 0 Å². The Morgan fingerprint density at radius 1 is 1.29 bits per heavy atom. The van der Waals surface area contributed by atoms with E-state index in [1.165, 1.54) is 38.5 Å². The molecule has 0 aliphatic heterocycles. The summed E-state index contributed by atoms with van der Waals surface area (Å²) in [6, 6.07) is 1.18. The van der Waals surface area contributed by atoms with Gasteiger partial charge in [0, 0.05) is 18.6 Å². The zero-order valence-electron chi connectivity index (χ0n) is 9.76. The van der Waals surface area contributed by atoms with Crippen LogP contribution in [0.3, 0.4) is 0 Å². The van der Waals surface area contributed by atoms with Gasteiger partial charge in [0.05, 0.1) is 0 Å². The molecule has 0 radical (unpaired) electrons. The summed E-state index contributed by atoms with van der Waals surface area (Å²) in [6.45, 7) is 5.28. The average Bonchev–Trinajstić information content (AvgIpc) is 2.26. The van der Waals surface area contributed by atoms with Crippen LogP contribution in [0, 0.1) is 5.92 Å². The lowest BCUT2D eigenvalue weighted by Gasteiger charge is -2.32. The molecule has 2 unspecified atom stereocenters. The van der Waals surface area contributed by atoms with Gasteiger partial charge in [0.2, 0.25) is 0 Å². The van der Waals surface area contributed by atoms with E-state index in [9.17, 15) is 0 Å². The molecule has 0 saturated heterocycles. The summed E-state index contributed by atoms with van der Waals surface area (Å²) in [5.41, 5.74) is 5.84. The first kappa shape index (κ1) is 12.0. The van der Waals surface area contributed by atoms with Gasteiger partial charge in [0.15, 0.2) is 0 Å². The third kappa shape index (κ3) is 3.58. The van der Waals surface area contributed by atoms with E-state index in [0.29, 0.717) is 12.1 Å². The Morgan fingerprint density at radius 3 is 2.43 bits per heavy atom. The van der Waals surface area contributed by atoms with Crippen molar-refractivity contribution in [2.45, 2.75) is 64.5 Å². The molecular weight excluding hydrogens is 172 g/mol. The summed E-state index contributed by atoms with van der Waals surface area (Å²) in [5.74, 6) is 0.836. The topological polar surface area (TPSA) is 38.0 Å². The van der Waals surface area contributed by atoms with Gasteiger partial charge < -0.3 is 11.1 Å². The maximum absolute atomic E-state index is 5.84. The molecule has 1 saturated carbocycles. The van der Waals surface area contributed by atoms with Gasteiger partial charge in [-0.15, -0.1) is 0 Å². The van der Waals surface area contributed by atoms with Crippen LogP contribution in [0.4, 0.5) is 0 Å². The van der Waals surface area contributed by atoms with Crippen molar-refractivity contribution in [3.05, 3.63) is 0 Å². The van der Waals surface area contributed by atoms with Crippen molar-refractivity contribution in [1.82, 2.24) is 5.32 Å². The fourth-order valence-electron chi connectivity index (χ4n) is 2.42. The number of rotatable bonds is 5. The zero-order valence-corrected chi connectivity index (χ0v) is 9.76. The third-order valence-corrected chi connectivity index (χ3v) is 3.58. The van der Waals surface area contributed by atoms with Crippen LogP contribution in [0.15, 0.2) is 0 Å². The molecule has 2 atom stereocenters. The predicted octanol–water partition coefficient (Wildman–Crippen LogP) is 2.28. The molecule has 1 rings (SSSR count). The van der Waals surface area contributed by atoms with Gasteiger partial charge >= 0.3 is 0 Å². The minimum atomic E-state index is 0.560. The van der Waals surface area contributed by atoms with Crippen LogP contribution in [0.1, 0.15) is 52.4 Å². The molecule has 0 spiro atoms. The fourth-order valence-corrected chi connectivity index (χ4v) is 2.42. The van der Waals surface area contributed by atoms with E-state index in [2.05, 4.69) is 19.2 Å². The van der Waals surface area contributed by atoms with E-state index < -0.39 is 0 Å². The van der Waals surface area contributed by atoms with E-state index in [4.69, 9.17) is 5.73 Å². The second-order valence-corrected chi connectivity index (χ2v) is 4.72. The quantitative estimate of drug-likeness (QED) is 0.711. The van der Waals surface area contributed by atoms with Gasteiger partial charge in [-0.1, -0.05) is 26.2 Å². The summed E-state index contributed by atoms with van der Waals surface area (Å²) in [5, 5.41) is 3.66. The van der Waals surface area contributed by atoms with Crippen molar-refractivity contribution in [2.24, 2.45) is 11.7 Å². The van der Waals surface area contributed by atoms with Crippen LogP contribution < -0.4 is 11.1 Å². The Labute approximate surface area is 88.6 Å². The number of hydrogen-bond donors (Lipinski definition) is 2. The SMILES string of the molecule is CCC(C)NC(CN)C1CCCCC1. The van der Waals surface area contributed by atoms with E-state index >= 15 is 0 Å². The molecule has 0 heterocycles. The number of nitrogens with one attached hydrogen (secondary N) is 1. The zero-order chi connectivity index (χ0) is 10.4. The van der Waals surface area contributed by atoms with Crippen LogP contribution in [0.5, 0.6) is 0 Å². The van der Waals surface area contributed by atoms with Crippen molar-refractivity contribution >= 4 is 0 Å². The van der Waals surface area contributed by atoms with Gasteiger partial charge in [0.25, 0.3) is 0 Å². The highest BCUT2D eigenvalue weighted by atomic mass is 15.0. The lowest BCUT2D eigenvalue weighted by atomic mass is 9.83. The van der Waals surface area contributed by atoms with Crippen LogP contribution >= 0.6 is 0 Å². The van der Waals surface area contributed by atoms with Crippen molar-refractivity contribution in [1.29, 1.82) is 0 Å². The lowest BCUT2D eigenvalue weighted by molar-refractivity contribution is 0.256. The van der Waals surface area contributed by atoms with Gasteiger partial charge in [-0.25, -0.2) is 0 Å². The average molecular weight is 198 g/mol. The first-order valence-electron chi connectivity index (χ1n) is 6.24. The van der Waals surface area contributed by atoms with Crippen molar-refractivity contribution < 1.29 is 0 Å². The van der Waals surface area contributed by atoms with Gasteiger partial charge in [-0.05, 0) is 32.1 Å². The van der Waals surface area contributed by atoms with E-state index in [1.54, 1.807) is 0 Å². The molecule has 2 nitrogen and oxygen atoms in total. The molecule has 0 aromatic rings. The van der Waals surface area contributed by atoms with Crippen LogP contribution in [0.25, 0.3) is 0 Å². The molecule has 3 N–H and O–H groups in total. The second kappa shape index (κ2) is 6.41. The highest BCUT2D eigenvalue weighted by Gasteiger charge is 2.22. The summed E-state index contributed by atoms with van der Waals surface area (Å²) in [6.07, 6.45) is 8.20. The molecular formula is C12H26N2. The normalized spacial score (nSPS) is 23.4. The van der Waals surface area contributed by atoms with Gasteiger partial charge in [0.1, 0.15) is 0 Å². The highest BCUT2D eigenvalue weighted by Crippen LogP contribution is 2.26. The number of nitrogens with two attached hydrogens (primary N) is 1. The predicted molar refractivity (Wildman–Crippen MR) is 62.3 cm³/mol. The van der Waals surface area contributed by atoms with Crippen LogP contribution in [-0.2, 0) is 0 Å². The third-order valence-electron chi connectivity index (χ3n) is 3.58. The molecule has 1 fully saturated rings. The molecule has 2 heteroatoms. The minimum Gasteiger partial charge on any atom is -0.329 e. The standard InChI is InChI=1S/C12H26N2/c1-3-10(2)14-12(9-13)11-7-5-4-6-8-11/h10-12,14H,3-9,13H2,1-2H3.